The Bertz CT molecular complexity index is 3010. The van der Waals surface area contributed by atoms with Gasteiger partial charge in [0.25, 0.3) is 0 Å². The normalized spacial score (nSPS) is 15.8. The molecule has 4 aromatic heterocycles. The fourth-order valence-corrected chi connectivity index (χ4v) is 8.99. The van der Waals surface area contributed by atoms with Crippen LogP contribution in [0.4, 0.5) is 0 Å². The van der Waals surface area contributed by atoms with Gasteiger partial charge in [0, 0.05) is 58.9 Å². The predicted octanol–water partition coefficient (Wildman–Crippen LogP) is 12.2. The number of rotatable bonds is 4. The number of fused-ring (bicyclic) bond motifs is 9. The molecule has 1 aliphatic carbocycles. The Labute approximate surface area is 296 Å². The van der Waals surface area contributed by atoms with E-state index in [1.165, 1.54) is 20.2 Å². The average Bonchev–Trinajstić information content (AvgIpc) is 3.88. The summed E-state index contributed by atoms with van der Waals surface area (Å²) < 4.78 is 15.4. The van der Waals surface area contributed by atoms with Gasteiger partial charge in [0.15, 0.2) is 11.6 Å². The maximum atomic E-state index is 6.50. The van der Waals surface area contributed by atoms with Crippen LogP contribution in [0, 0.1) is 0 Å². The Morgan fingerprint density at radius 1 is 0.510 bits per heavy atom. The van der Waals surface area contributed by atoms with Gasteiger partial charge >= 0.3 is 0 Å². The van der Waals surface area contributed by atoms with E-state index in [1.807, 2.05) is 53.8 Å². The first-order valence-electron chi connectivity index (χ1n) is 17.1. The Balaban J connectivity index is 1.19. The lowest BCUT2D eigenvalue weighted by atomic mass is 9.75. The highest BCUT2D eigenvalue weighted by Gasteiger charge is 2.37. The van der Waals surface area contributed by atoms with Gasteiger partial charge in [-0.15, -0.1) is 11.3 Å². The maximum Gasteiger partial charge on any atom is 0.163 e. The largest absolute Gasteiger partial charge is 0.456 e. The van der Waals surface area contributed by atoms with E-state index in [4.69, 9.17) is 23.8 Å². The van der Waals surface area contributed by atoms with Gasteiger partial charge in [-0.2, -0.15) is 0 Å². The highest BCUT2D eigenvalue weighted by Crippen LogP contribution is 2.50. The molecule has 5 nitrogen and oxygen atoms in total. The van der Waals surface area contributed by atoms with E-state index in [0.29, 0.717) is 17.5 Å². The summed E-state index contributed by atoms with van der Waals surface area (Å²) in [5.74, 6) is 2.41. The molecular formula is C45H27N3O2S. The smallest absolute Gasteiger partial charge is 0.163 e. The summed E-state index contributed by atoms with van der Waals surface area (Å²) in [5, 5.41) is 5.71. The number of hydrogen-bond acceptors (Lipinski definition) is 6. The zero-order valence-electron chi connectivity index (χ0n) is 27.2. The fourth-order valence-electron chi connectivity index (χ4n) is 7.91. The molecule has 0 saturated heterocycles. The van der Waals surface area contributed by atoms with E-state index >= 15 is 0 Å². The molecule has 4 heterocycles. The van der Waals surface area contributed by atoms with Gasteiger partial charge in [-0.05, 0) is 54.1 Å². The fraction of sp³-hybridized carbons (Fsp3) is 0.0444. The number of aromatic nitrogens is 3. The molecule has 10 aromatic rings. The van der Waals surface area contributed by atoms with Crippen LogP contribution in [0.15, 0.2) is 154 Å². The van der Waals surface area contributed by atoms with Crippen LogP contribution in [0.1, 0.15) is 34.5 Å². The topological polar surface area (TPSA) is 65.0 Å². The van der Waals surface area contributed by atoms with Crippen molar-refractivity contribution in [3.63, 3.8) is 0 Å². The lowest BCUT2D eigenvalue weighted by Gasteiger charge is -2.28. The third-order valence-electron chi connectivity index (χ3n) is 10.2. The Hall–Kier alpha value is -6.37. The van der Waals surface area contributed by atoms with Gasteiger partial charge in [0.1, 0.15) is 28.3 Å². The van der Waals surface area contributed by atoms with Gasteiger partial charge < -0.3 is 8.83 Å². The molecule has 6 aromatic carbocycles. The van der Waals surface area contributed by atoms with E-state index < -0.39 is 0 Å². The number of nitrogens with zero attached hydrogens (tertiary/aromatic N) is 3. The first kappa shape index (κ1) is 28.5. The molecule has 0 aliphatic heterocycles. The zero-order chi connectivity index (χ0) is 33.5. The molecule has 0 bridgehead atoms. The summed E-state index contributed by atoms with van der Waals surface area (Å²) in [4.78, 5) is 15.9. The highest BCUT2D eigenvalue weighted by molar-refractivity contribution is 7.25. The standard InChI is InChI=1S/C45H27N3O2S/c1-2-11-26(12-3-1)43-46-44(27-21-24-39-33(25-27)28-13-6-9-20-38(28)51-39)48-45(47-43)42-30(22-23-37-41(42)32-15-5-8-18-35(32)50-37)29-16-10-19-36-40(29)31-14-4-7-17-34(31)49-36/h1-25,30,42H. The Morgan fingerprint density at radius 3 is 2.06 bits per heavy atom. The van der Waals surface area contributed by atoms with Crippen molar-refractivity contribution in [2.24, 2.45) is 0 Å². The Kier molecular flexibility index (Phi) is 6.18. The SMILES string of the molecule is C1=CC(c2cccc3oc4ccccc4c23)C(c2nc(-c3ccccc3)nc(-c3ccc4sc5ccccc5c4c3)n2)c2c1oc1ccccc21. The van der Waals surface area contributed by atoms with Gasteiger partial charge in [0.05, 0.1) is 5.92 Å². The number of benzene rings is 6. The summed E-state index contributed by atoms with van der Waals surface area (Å²) in [6.07, 6.45) is 4.37. The van der Waals surface area contributed by atoms with Gasteiger partial charge in [-0.25, -0.2) is 15.0 Å². The van der Waals surface area contributed by atoms with E-state index in [1.54, 1.807) is 0 Å². The van der Waals surface area contributed by atoms with Gasteiger partial charge in [-0.3, -0.25) is 0 Å². The van der Waals surface area contributed by atoms with Crippen LogP contribution in [-0.2, 0) is 0 Å². The molecule has 2 unspecified atom stereocenters. The minimum atomic E-state index is -0.275. The lowest BCUT2D eigenvalue weighted by Crippen LogP contribution is -2.19. The summed E-state index contributed by atoms with van der Waals surface area (Å²) in [6.45, 7) is 0. The molecule has 51 heavy (non-hydrogen) atoms. The van der Waals surface area contributed by atoms with Gasteiger partial charge in [-0.1, -0.05) is 103 Å². The van der Waals surface area contributed by atoms with Crippen LogP contribution >= 0.6 is 11.3 Å². The maximum absolute atomic E-state index is 6.50. The minimum Gasteiger partial charge on any atom is -0.456 e. The molecule has 0 N–H and O–H groups in total. The minimum absolute atomic E-state index is 0.120. The first-order chi connectivity index (χ1) is 25.3. The summed E-state index contributed by atoms with van der Waals surface area (Å²) >= 11 is 1.81. The lowest BCUT2D eigenvalue weighted by molar-refractivity contribution is 0.574. The van der Waals surface area contributed by atoms with Crippen molar-refractivity contribution in [3.05, 3.63) is 168 Å². The number of furan rings is 2. The van der Waals surface area contributed by atoms with Crippen LogP contribution in [0.3, 0.4) is 0 Å². The van der Waals surface area contributed by atoms with Crippen LogP contribution < -0.4 is 0 Å². The number of para-hydroxylation sites is 2. The number of allylic oxidation sites excluding steroid dienone is 1. The van der Waals surface area contributed by atoms with E-state index in [2.05, 4.69) is 109 Å². The molecule has 2 atom stereocenters. The zero-order valence-corrected chi connectivity index (χ0v) is 28.0. The highest BCUT2D eigenvalue weighted by atomic mass is 32.1. The van der Waals surface area contributed by atoms with Crippen molar-refractivity contribution >= 4 is 70.5 Å². The molecule has 1 aliphatic rings. The third-order valence-corrected chi connectivity index (χ3v) is 11.3. The van der Waals surface area contributed by atoms with E-state index in [-0.39, 0.29) is 11.8 Å². The predicted molar refractivity (Wildman–Crippen MR) is 207 cm³/mol. The van der Waals surface area contributed by atoms with E-state index in [9.17, 15) is 0 Å². The van der Waals surface area contributed by atoms with Crippen molar-refractivity contribution in [1.29, 1.82) is 0 Å². The van der Waals surface area contributed by atoms with Crippen LogP contribution in [-0.4, -0.2) is 15.0 Å². The second kappa shape index (κ2) is 11.1. The first-order valence-corrected chi connectivity index (χ1v) is 17.9. The second-order valence-corrected chi connectivity index (χ2v) is 14.2. The van der Waals surface area contributed by atoms with Crippen molar-refractivity contribution < 1.29 is 8.83 Å². The summed E-state index contributed by atoms with van der Waals surface area (Å²) in [6, 6.07) is 48.2. The van der Waals surface area contributed by atoms with Gasteiger partial charge in [0.2, 0.25) is 0 Å². The summed E-state index contributed by atoms with van der Waals surface area (Å²) in [7, 11) is 0. The second-order valence-electron chi connectivity index (χ2n) is 13.1. The molecule has 240 valence electrons. The number of thiophene rings is 1. The molecule has 0 radical (unpaired) electrons. The van der Waals surface area contributed by atoms with Crippen LogP contribution in [0.5, 0.6) is 0 Å². The summed E-state index contributed by atoms with van der Waals surface area (Å²) in [5.41, 5.74) is 6.71. The molecule has 6 heteroatoms. The van der Waals surface area contributed by atoms with Crippen LogP contribution in [0.25, 0.3) is 81.9 Å². The molecule has 0 fully saturated rings. The molecule has 0 amide bonds. The van der Waals surface area contributed by atoms with Crippen LogP contribution in [0.2, 0.25) is 0 Å². The monoisotopic (exact) mass is 673 g/mol. The van der Waals surface area contributed by atoms with Crippen molar-refractivity contribution in [2.75, 3.05) is 0 Å². The van der Waals surface area contributed by atoms with Crippen molar-refractivity contribution in [2.45, 2.75) is 11.8 Å². The average molecular weight is 674 g/mol. The van der Waals surface area contributed by atoms with Crippen molar-refractivity contribution in [1.82, 2.24) is 15.0 Å². The van der Waals surface area contributed by atoms with E-state index in [0.717, 1.165) is 60.9 Å². The molecule has 11 rings (SSSR count). The quantitative estimate of drug-likeness (QED) is 0.186. The Morgan fingerprint density at radius 2 is 1.20 bits per heavy atom. The molecule has 0 spiro atoms. The molecular weight excluding hydrogens is 647 g/mol. The van der Waals surface area contributed by atoms with Crippen molar-refractivity contribution in [3.8, 4) is 22.8 Å². The molecule has 0 saturated carbocycles. The number of hydrogen-bond donors (Lipinski definition) is 0. The third kappa shape index (κ3) is 4.43.